The van der Waals surface area contributed by atoms with Crippen molar-refractivity contribution in [3.63, 3.8) is 0 Å². The minimum atomic E-state index is -0.264. The van der Waals surface area contributed by atoms with Crippen molar-refractivity contribution in [2.75, 3.05) is 19.5 Å². The fraction of sp³-hybridized carbons (Fsp3) is 0.278. The summed E-state index contributed by atoms with van der Waals surface area (Å²) in [6.45, 7) is 3.70. The molecule has 8 nitrogen and oxygen atoms in total. The maximum absolute atomic E-state index is 11.9. The van der Waals surface area contributed by atoms with Gasteiger partial charge in [-0.2, -0.15) is 10.4 Å². The van der Waals surface area contributed by atoms with E-state index in [4.69, 9.17) is 14.7 Å². The zero-order valence-electron chi connectivity index (χ0n) is 15.2. The average molecular weight is 385 g/mol. The zero-order chi connectivity index (χ0) is 19.6. The van der Waals surface area contributed by atoms with Gasteiger partial charge in [-0.15, -0.1) is 0 Å². The summed E-state index contributed by atoms with van der Waals surface area (Å²) in [4.78, 5) is 20.4. The van der Waals surface area contributed by atoms with Crippen LogP contribution in [0.5, 0.6) is 11.5 Å². The molecule has 0 aliphatic carbocycles. The summed E-state index contributed by atoms with van der Waals surface area (Å²) in [5.74, 6) is 0.831. The van der Waals surface area contributed by atoms with E-state index < -0.39 is 0 Å². The topological polar surface area (TPSA) is 109 Å². The number of hydrazone groups is 1. The van der Waals surface area contributed by atoms with Gasteiger partial charge in [0.05, 0.1) is 19.1 Å². The molecule has 0 saturated carbocycles. The summed E-state index contributed by atoms with van der Waals surface area (Å²) < 4.78 is 10.5. The van der Waals surface area contributed by atoms with Crippen LogP contribution in [0.1, 0.15) is 17.0 Å². The first-order valence-corrected chi connectivity index (χ1v) is 8.95. The summed E-state index contributed by atoms with van der Waals surface area (Å²) >= 11 is 1.25. The normalized spacial score (nSPS) is 10.4. The molecule has 0 atom stereocenters. The lowest BCUT2D eigenvalue weighted by molar-refractivity contribution is -0.118. The number of hydrogen-bond acceptors (Lipinski definition) is 8. The highest BCUT2D eigenvalue weighted by Crippen LogP contribution is 2.27. The Morgan fingerprint density at radius 2 is 2.04 bits per heavy atom. The van der Waals surface area contributed by atoms with Crippen molar-refractivity contribution >= 4 is 23.9 Å². The van der Waals surface area contributed by atoms with Crippen molar-refractivity contribution < 1.29 is 14.3 Å². The monoisotopic (exact) mass is 385 g/mol. The van der Waals surface area contributed by atoms with Gasteiger partial charge in [-0.05, 0) is 43.7 Å². The molecule has 1 heterocycles. The highest BCUT2D eigenvalue weighted by atomic mass is 32.2. The summed E-state index contributed by atoms with van der Waals surface area (Å²) in [5.41, 5.74) is 4.89. The van der Waals surface area contributed by atoms with Gasteiger partial charge in [-0.3, -0.25) is 4.79 Å². The molecule has 0 spiro atoms. The maximum atomic E-state index is 11.9. The molecule has 0 unspecified atom stereocenters. The van der Waals surface area contributed by atoms with E-state index in [0.29, 0.717) is 22.2 Å². The zero-order valence-corrected chi connectivity index (χ0v) is 16.0. The van der Waals surface area contributed by atoms with E-state index in [2.05, 4.69) is 20.5 Å². The fourth-order valence-electron chi connectivity index (χ4n) is 2.09. The van der Waals surface area contributed by atoms with Crippen LogP contribution < -0.4 is 14.9 Å². The van der Waals surface area contributed by atoms with Crippen LogP contribution in [0.15, 0.2) is 34.5 Å². The minimum absolute atomic E-state index is 0.0678. The fourth-order valence-corrected chi connectivity index (χ4v) is 2.83. The SMILES string of the molecule is COc1cc(/C=N\NC(=O)CSc2nc(C)cc(C)n2)ccc1OCC#N. The number of aryl methyl sites for hydroxylation is 2. The van der Waals surface area contributed by atoms with E-state index in [1.54, 1.807) is 18.2 Å². The lowest BCUT2D eigenvalue weighted by Gasteiger charge is -2.08. The maximum Gasteiger partial charge on any atom is 0.250 e. The summed E-state index contributed by atoms with van der Waals surface area (Å²) in [7, 11) is 1.50. The summed E-state index contributed by atoms with van der Waals surface area (Å²) in [5, 5.41) is 13.1. The number of ether oxygens (including phenoxy) is 2. The molecule has 0 bridgehead atoms. The number of carbonyl (C=O) groups excluding carboxylic acids is 1. The third-order valence-corrected chi connectivity index (χ3v) is 4.02. The van der Waals surface area contributed by atoms with Crippen molar-refractivity contribution in [1.82, 2.24) is 15.4 Å². The summed E-state index contributed by atoms with van der Waals surface area (Å²) in [6.07, 6.45) is 1.49. The van der Waals surface area contributed by atoms with Crippen molar-refractivity contribution in [3.05, 3.63) is 41.2 Å². The van der Waals surface area contributed by atoms with Crippen LogP contribution in [0.3, 0.4) is 0 Å². The third-order valence-electron chi connectivity index (χ3n) is 3.18. The van der Waals surface area contributed by atoms with Crippen molar-refractivity contribution in [2.24, 2.45) is 5.10 Å². The Balaban J connectivity index is 1.88. The molecule has 2 aromatic rings. The second-order valence-corrected chi connectivity index (χ2v) is 6.31. The predicted molar refractivity (Wildman–Crippen MR) is 102 cm³/mol. The molecular weight excluding hydrogens is 366 g/mol. The quantitative estimate of drug-likeness (QED) is 0.321. The molecule has 0 fully saturated rings. The average Bonchev–Trinajstić information content (AvgIpc) is 2.64. The molecule has 9 heteroatoms. The molecule has 140 valence electrons. The first-order chi connectivity index (χ1) is 13.0. The highest BCUT2D eigenvalue weighted by molar-refractivity contribution is 7.99. The van der Waals surface area contributed by atoms with Crippen molar-refractivity contribution in [1.29, 1.82) is 5.26 Å². The third kappa shape index (κ3) is 6.60. The van der Waals surface area contributed by atoms with Gasteiger partial charge in [0.1, 0.15) is 6.07 Å². The standard InChI is InChI=1S/C18H19N5O3S/c1-12-8-13(2)22-18(21-12)27-11-17(24)23-20-10-14-4-5-15(26-7-6-19)16(9-14)25-3/h4-5,8-10H,7,11H2,1-3H3,(H,23,24)/b20-10-. The van der Waals surface area contributed by atoms with Crippen LogP contribution in [0.2, 0.25) is 0 Å². The first kappa shape index (κ1) is 20.2. The lowest BCUT2D eigenvalue weighted by atomic mass is 10.2. The summed E-state index contributed by atoms with van der Waals surface area (Å²) in [6, 6.07) is 8.88. The smallest absolute Gasteiger partial charge is 0.250 e. The highest BCUT2D eigenvalue weighted by Gasteiger charge is 2.06. The van der Waals surface area contributed by atoms with Crippen LogP contribution in [0, 0.1) is 25.2 Å². The number of rotatable bonds is 8. The van der Waals surface area contributed by atoms with Gasteiger partial charge in [0.15, 0.2) is 23.3 Å². The Labute approximate surface area is 161 Å². The van der Waals surface area contributed by atoms with E-state index in [-0.39, 0.29) is 18.3 Å². The number of nitrogens with one attached hydrogen (secondary N) is 1. The van der Waals surface area contributed by atoms with Crippen LogP contribution in [-0.2, 0) is 4.79 Å². The van der Waals surface area contributed by atoms with Crippen LogP contribution >= 0.6 is 11.8 Å². The van der Waals surface area contributed by atoms with E-state index in [9.17, 15) is 4.79 Å². The number of carbonyl (C=O) groups is 1. The lowest BCUT2D eigenvalue weighted by Crippen LogP contribution is -2.19. The molecule has 0 radical (unpaired) electrons. The number of nitrogens with zero attached hydrogens (tertiary/aromatic N) is 4. The molecule has 0 saturated heterocycles. The molecule has 1 N–H and O–H groups in total. The molecule has 2 rings (SSSR count). The Morgan fingerprint density at radius 3 is 2.70 bits per heavy atom. The number of nitriles is 1. The largest absolute Gasteiger partial charge is 0.493 e. The number of methoxy groups -OCH3 is 1. The van der Waals surface area contributed by atoms with E-state index >= 15 is 0 Å². The van der Waals surface area contributed by atoms with Gasteiger partial charge >= 0.3 is 0 Å². The van der Waals surface area contributed by atoms with E-state index in [1.165, 1.54) is 25.1 Å². The molecule has 1 aromatic heterocycles. The van der Waals surface area contributed by atoms with Crippen LogP contribution in [0.4, 0.5) is 0 Å². The van der Waals surface area contributed by atoms with Crippen molar-refractivity contribution in [3.8, 4) is 17.6 Å². The molecule has 1 amide bonds. The van der Waals surface area contributed by atoms with Crippen LogP contribution in [-0.4, -0.2) is 41.6 Å². The molecule has 1 aromatic carbocycles. The number of hydrogen-bond donors (Lipinski definition) is 1. The number of benzene rings is 1. The van der Waals surface area contributed by atoms with Gasteiger partial charge in [0.25, 0.3) is 5.91 Å². The number of thioether (sulfide) groups is 1. The Bertz CT molecular complexity index is 860. The Morgan fingerprint density at radius 1 is 1.30 bits per heavy atom. The van der Waals surface area contributed by atoms with E-state index in [0.717, 1.165) is 11.4 Å². The molecule has 0 aliphatic rings. The van der Waals surface area contributed by atoms with Crippen molar-refractivity contribution in [2.45, 2.75) is 19.0 Å². The second kappa shape index (κ2) is 10.1. The van der Waals surface area contributed by atoms with Gasteiger partial charge in [-0.1, -0.05) is 11.8 Å². The predicted octanol–water partition coefficient (Wildman–Crippen LogP) is 2.25. The number of amides is 1. The number of aromatic nitrogens is 2. The molecular formula is C18H19N5O3S. The Hall–Kier alpha value is -3.12. The first-order valence-electron chi connectivity index (χ1n) is 7.96. The second-order valence-electron chi connectivity index (χ2n) is 5.37. The molecule has 27 heavy (non-hydrogen) atoms. The van der Waals surface area contributed by atoms with Gasteiger partial charge in [-0.25, -0.2) is 15.4 Å². The van der Waals surface area contributed by atoms with Gasteiger partial charge in [0.2, 0.25) is 0 Å². The van der Waals surface area contributed by atoms with E-state index in [1.807, 2.05) is 26.0 Å². The van der Waals surface area contributed by atoms with Crippen LogP contribution in [0.25, 0.3) is 0 Å². The van der Waals surface area contributed by atoms with Gasteiger partial charge < -0.3 is 9.47 Å². The minimum Gasteiger partial charge on any atom is -0.493 e. The van der Waals surface area contributed by atoms with Gasteiger partial charge in [0, 0.05) is 11.4 Å². The molecule has 0 aliphatic heterocycles. The Kier molecular flexibility index (Phi) is 7.58.